The lowest BCUT2D eigenvalue weighted by Gasteiger charge is -2.20. The number of hydrogen-bond acceptors (Lipinski definition) is 4. The van der Waals surface area contributed by atoms with Gasteiger partial charge in [-0.2, -0.15) is 0 Å². The van der Waals surface area contributed by atoms with Gasteiger partial charge in [0.1, 0.15) is 0 Å². The number of rotatable bonds is 5. The van der Waals surface area contributed by atoms with Gasteiger partial charge in [-0.1, -0.05) is 6.92 Å². The minimum atomic E-state index is -0.165. The van der Waals surface area contributed by atoms with Crippen LogP contribution in [-0.4, -0.2) is 18.8 Å². The molecule has 5 heteroatoms. The number of ether oxygens (including phenoxy) is 2. The number of nitrogen functional groups attached to an aromatic ring is 1. The highest BCUT2D eigenvalue weighted by Crippen LogP contribution is 2.33. The molecule has 0 fully saturated rings. The summed E-state index contributed by atoms with van der Waals surface area (Å²) in [5, 5.41) is 0. The van der Waals surface area contributed by atoms with Crippen LogP contribution in [0.25, 0.3) is 11.3 Å². The Morgan fingerprint density at radius 1 is 1.14 bits per heavy atom. The SMILES string of the molecule is CCC(C)n1c(-c2ccc(OC)c(OC)c2)ccc(N)c1=O. The minimum Gasteiger partial charge on any atom is -0.493 e. The Hall–Kier alpha value is -2.43. The van der Waals surface area contributed by atoms with Crippen LogP contribution in [0, 0.1) is 0 Å². The predicted octanol–water partition coefficient (Wildman–Crippen LogP) is 3.09. The second-order valence-electron chi connectivity index (χ2n) is 5.18. The van der Waals surface area contributed by atoms with Crippen molar-refractivity contribution < 1.29 is 9.47 Å². The van der Waals surface area contributed by atoms with Gasteiger partial charge in [0.15, 0.2) is 11.5 Å². The van der Waals surface area contributed by atoms with Crippen LogP contribution < -0.4 is 20.8 Å². The van der Waals surface area contributed by atoms with E-state index in [1.807, 2.05) is 38.1 Å². The monoisotopic (exact) mass is 302 g/mol. The van der Waals surface area contributed by atoms with E-state index in [1.54, 1.807) is 24.9 Å². The summed E-state index contributed by atoms with van der Waals surface area (Å²) in [5.41, 5.74) is 7.57. The molecule has 1 aromatic heterocycles. The summed E-state index contributed by atoms with van der Waals surface area (Å²) in [4.78, 5) is 12.4. The average molecular weight is 302 g/mol. The van der Waals surface area contributed by atoms with Gasteiger partial charge in [0.05, 0.1) is 25.6 Å². The van der Waals surface area contributed by atoms with Gasteiger partial charge in [-0.15, -0.1) is 0 Å². The van der Waals surface area contributed by atoms with E-state index in [2.05, 4.69) is 0 Å². The Labute approximate surface area is 130 Å². The summed E-state index contributed by atoms with van der Waals surface area (Å²) in [6, 6.07) is 9.17. The Kier molecular flexibility index (Phi) is 4.75. The lowest BCUT2D eigenvalue weighted by molar-refractivity contribution is 0.355. The Morgan fingerprint density at radius 2 is 1.82 bits per heavy atom. The number of benzene rings is 1. The van der Waals surface area contributed by atoms with Crippen LogP contribution in [0.2, 0.25) is 0 Å². The van der Waals surface area contributed by atoms with E-state index in [4.69, 9.17) is 15.2 Å². The quantitative estimate of drug-likeness (QED) is 0.921. The van der Waals surface area contributed by atoms with E-state index in [9.17, 15) is 4.79 Å². The molecule has 22 heavy (non-hydrogen) atoms. The van der Waals surface area contributed by atoms with Crippen molar-refractivity contribution in [3.05, 3.63) is 40.7 Å². The Balaban J connectivity index is 2.67. The summed E-state index contributed by atoms with van der Waals surface area (Å²) < 4.78 is 12.3. The Bertz CT molecular complexity index is 722. The fourth-order valence-corrected chi connectivity index (χ4v) is 2.42. The molecule has 2 N–H and O–H groups in total. The molecule has 5 nitrogen and oxygen atoms in total. The summed E-state index contributed by atoms with van der Waals surface area (Å²) in [6.07, 6.45) is 0.837. The van der Waals surface area contributed by atoms with Crippen molar-refractivity contribution in [1.29, 1.82) is 0 Å². The van der Waals surface area contributed by atoms with E-state index in [1.165, 1.54) is 0 Å². The third-order valence-corrected chi connectivity index (χ3v) is 3.86. The minimum absolute atomic E-state index is 0.0547. The first-order valence-electron chi connectivity index (χ1n) is 7.26. The largest absolute Gasteiger partial charge is 0.493 e. The van der Waals surface area contributed by atoms with Crippen molar-refractivity contribution in [3.8, 4) is 22.8 Å². The fourth-order valence-electron chi connectivity index (χ4n) is 2.42. The highest BCUT2D eigenvalue weighted by atomic mass is 16.5. The van der Waals surface area contributed by atoms with Crippen molar-refractivity contribution in [2.24, 2.45) is 0 Å². The first-order valence-corrected chi connectivity index (χ1v) is 7.26. The van der Waals surface area contributed by atoms with E-state index >= 15 is 0 Å². The van der Waals surface area contributed by atoms with E-state index in [0.29, 0.717) is 11.5 Å². The zero-order valence-corrected chi connectivity index (χ0v) is 13.4. The molecule has 1 aromatic carbocycles. The molecule has 2 rings (SSSR count). The molecule has 0 saturated carbocycles. The molecule has 1 atom stereocenters. The van der Waals surface area contributed by atoms with Crippen LogP contribution in [0.1, 0.15) is 26.3 Å². The topological polar surface area (TPSA) is 66.5 Å². The molecule has 0 radical (unpaired) electrons. The highest BCUT2D eigenvalue weighted by molar-refractivity contribution is 5.65. The molecule has 1 unspecified atom stereocenters. The number of pyridine rings is 1. The van der Waals surface area contributed by atoms with Crippen molar-refractivity contribution in [2.45, 2.75) is 26.3 Å². The van der Waals surface area contributed by atoms with Gasteiger partial charge in [0.25, 0.3) is 5.56 Å². The second kappa shape index (κ2) is 6.56. The Morgan fingerprint density at radius 3 is 2.41 bits per heavy atom. The molecule has 0 aliphatic carbocycles. The molecule has 118 valence electrons. The molecular weight excluding hydrogens is 280 g/mol. The maximum atomic E-state index is 12.4. The van der Waals surface area contributed by atoms with Crippen molar-refractivity contribution in [1.82, 2.24) is 4.57 Å². The third kappa shape index (κ3) is 2.79. The predicted molar refractivity (Wildman–Crippen MR) is 88.7 cm³/mol. The van der Waals surface area contributed by atoms with Crippen molar-refractivity contribution in [3.63, 3.8) is 0 Å². The molecule has 0 bridgehead atoms. The van der Waals surface area contributed by atoms with Gasteiger partial charge in [-0.3, -0.25) is 4.79 Å². The molecule has 0 aliphatic heterocycles. The number of hydrogen-bond donors (Lipinski definition) is 1. The van der Waals surface area contributed by atoms with Crippen molar-refractivity contribution >= 4 is 5.69 Å². The first-order chi connectivity index (χ1) is 10.5. The van der Waals surface area contributed by atoms with Gasteiger partial charge >= 0.3 is 0 Å². The smallest absolute Gasteiger partial charge is 0.274 e. The number of methoxy groups -OCH3 is 2. The molecule has 0 aliphatic rings. The van der Waals surface area contributed by atoms with Gasteiger partial charge < -0.3 is 19.8 Å². The van der Waals surface area contributed by atoms with Crippen LogP contribution in [-0.2, 0) is 0 Å². The zero-order valence-electron chi connectivity index (χ0n) is 13.4. The van der Waals surface area contributed by atoms with Crippen LogP contribution in [0.5, 0.6) is 11.5 Å². The summed E-state index contributed by atoms with van der Waals surface area (Å²) >= 11 is 0. The van der Waals surface area contributed by atoms with Gasteiger partial charge in [0, 0.05) is 11.6 Å². The number of aromatic nitrogens is 1. The van der Waals surface area contributed by atoms with E-state index in [0.717, 1.165) is 17.7 Å². The maximum Gasteiger partial charge on any atom is 0.274 e. The summed E-state index contributed by atoms with van der Waals surface area (Å²) in [6.45, 7) is 4.05. The molecule has 0 saturated heterocycles. The first kappa shape index (κ1) is 15.9. The van der Waals surface area contributed by atoms with Gasteiger partial charge in [0.2, 0.25) is 0 Å². The number of nitrogens with zero attached hydrogens (tertiary/aromatic N) is 1. The third-order valence-electron chi connectivity index (χ3n) is 3.86. The lowest BCUT2D eigenvalue weighted by Crippen LogP contribution is -2.26. The summed E-state index contributed by atoms with van der Waals surface area (Å²) in [5.74, 6) is 1.28. The van der Waals surface area contributed by atoms with Crippen LogP contribution in [0.4, 0.5) is 5.69 Å². The zero-order chi connectivity index (χ0) is 16.3. The van der Waals surface area contributed by atoms with Crippen LogP contribution in [0.15, 0.2) is 35.1 Å². The molecular formula is C17H22N2O3. The normalized spacial score (nSPS) is 12.0. The second-order valence-corrected chi connectivity index (χ2v) is 5.18. The number of nitrogens with two attached hydrogens (primary N) is 1. The number of anilines is 1. The molecule has 0 spiro atoms. The highest BCUT2D eigenvalue weighted by Gasteiger charge is 2.15. The van der Waals surface area contributed by atoms with Crippen molar-refractivity contribution in [2.75, 3.05) is 20.0 Å². The van der Waals surface area contributed by atoms with E-state index in [-0.39, 0.29) is 17.3 Å². The van der Waals surface area contributed by atoms with Crippen LogP contribution in [0.3, 0.4) is 0 Å². The average Bonchev–Trinajstić information content (AvgIpc) is 2.55. The summed E-state index contributed by atoms with van der Waals surface area (Å²) in [7, 11) is 3.18. The fraction of sp³-hybridized carbons (Fsp3) is 0.353. The maximum absolute atomic E-state index is 12.4. The van der Waals surface area contributed by atoms with Gasteiger partial charge in [-0.25, -0.2) is 0 Å². The van der Waals surface area contributed by atoms with Gasteiger partial charge in [-0.05, 0) is 43.7 Å². The van der Waals surface area contributed by atoms with Crippen LogP contribution >= 0.6 is 0 Å². The molecule has 0 amide bonds. The molecule has 2 aromatic rings. The standard InChI is InChI=1S/C17H22N2O3/c1-5-11(2)19-14(8-7-13(18)17(19)20)12-6-9-15(21-3)16(10-12)22-4/h6-11H,5,18H2,1-4H3. The lowest BCUT2D eigenvalue weighted by atomic mass is 10.1. The van der Waals surface area contributed by atoms with E-state index < -0.39 is 0 Å². The molecule has 1 heterocycles.